The minimum Gasteiger partial charge on any atom is -0.377 e. The molecule has 0 aliphatic heterocycles. The first-order valence-electron chi connectivity index (χ1n) is 10.2. The second kappa shape index (κ2) is 6.98. The monoisotopic (exact) mass is 436 g/mol. The summed E-state index contributed by atoms with van der Waals surface area (Å²) < 4.78 is 0. The summed E-state index contributed by atoms with van der Waals surface area (Å²) in [6.45, 7) is 6.93. The number of hydrogen-bond donors (Lipinski definition) is 1. The van der Waals surface area contributed by atoms with Crippen LogP contribution in [0.3, 0.4) is 0 Å². The van der Waals surface area contributed by atoms with Gasteiger partial charge in [0.25, 0.3) is 0 Å². The molecular formula is C23H30BrClO. The van der Waals surface area contributed by atoms with Crippen molar-refractivity contribution in [2.75, 3.05) is 5.33 Å². The summed E-state index contributed by atoms with van der Waals surface area (Å²) in [5, 5.41) is 14.1. The lowest BCUT2D eigenvalue weighted by atomic mass is 9.51. The molecule has 0 bridgehead atoms. The molecule has 4 aliphatic rings. The van der Waals surface area contributed by atoms with Gasteiger partial charge in [-0.3, -0.25) is 0 Å². The van der Waals surface area contributed by atoms with Gasteiger partial charge in [-0.25, -0.2) is 0 Å². The highest BCUT2D eigenvalue weighted by Crippen LogP contribution is 2.64. The molecule has 0 spiro atoms. The van der Waals surface area contributed by atoms with Crippen LogP contribution >= 0.6 is 27.5 Å². The smallest absolute Gasteiger partial charge is 0.130 e. The molecule has 0 aromatic rings. The largest absolute Gasteiger partial charge is 0.377 e. The Morgan fingerprint density at radius 2 is 2.12 bits per heavy atom. The second-order valence-electron chi connectivity index (χ2n) is 9.49. The molecule has 0 unspecified atom stereocenters. The standard InChI is InChI=1S/C23H30BrClO/c1-15(14-24)20-5-6-21-19-4-3-16-13-23(26,11-12-25)10-8-17(16)18(19)7-9-22(20,21)2/h3,17-21,26H,1,4-10,13-14H2,2H3/t17-,18+,19+,20+,21-,22+,23-/m0/s1. The zero-order valence-corrected chi connectivity index (χ0v) is 18.1. The molecule has 1 N–H and O–H groups in total. The zero-order valence-electron chi connectivity index (χ0n) is 15.7. The lowest BCUT2D eigenvalue weighted by Crippen LogP contribution is -2.47. The van der Waals surface area contributed by atoms with Gasteiger partial charge in [0.05, 0.1) is 0 Å². The van der Waals surface area contributed by atoms with Crippen LogP contribution in [0.4, 0.5) is 0 Å². The van der Waals surface area contributed by atoms with E-state index in [2.05, 4.69) is 46.8 Å². The molecule has 3 fully saturated rings. The molecule has 0 amide bonds. The van der Waals surface area contributed by atoms with Gasteiger partial charge in [-0.05, 0) is 91.6 Å². The summed E-state index contributed by atoms with van der Waals surface area (Å²) in [7, 11) is 0. The van der Waals surface area contributed by atoms with Crippen molar-refractivity contribution in [2.45, 2.75) is 63.9 Å². The summed E-state index contributed by atoms with van der Waals surface area (Å²) in [4.78, 5) is 0. The Hall–Kier alpha value is -0.230. The topological polar surface area (TPSA) is 20.2 Å². The molecule has 7 atom stereocenters. The van der Waals surface area contributed by atoms with Gasteiger partial charge in [-0.1, -0.05) is 52.6 Å². The van der Waals surface area contributed by atoms with Crippen LogP contribution in [0.15, 0.2) is 23.8 Å². The van der Waals surface area contributed by atoms with E-state index in [4.69, 9.17) is 11.6 Å². The van der Waals surface area contributed by atoms with Crippen LogP contribution in [0.2, 0.25) is 0 Å². The van der Waals surface area contributed by atoms with E-state index >= 15 is 0 Å². The van der Waals surface area contributed by atoms with Crippen molar-refractivity contribution < 1.29 is 5.11 Å². The Morgan fingerprint density at radius 1 is 1.31 bits per heavy atom. The van der Waals surface area contributed by atoms with Gasteiger partial charge in [-0.2, -0.15) is 0 Å². The SMILES string of the molecule is C=C(CBr)[C@H]1CC[C@H]2[C@@H]3CC=C4C[C@@](O)(C#CCl)CC[C@@H]4[C@H]3CC[C@]12C. The quantitative estimate of drug-likeness (QED) is 0.316. The predicted molar refractivity (Wildman–Crippen MR) is 112 cm³/mol. The Bertz CT molecular complexity index is 688. The molecule has 3 saturated carbocycles. The van der Waals surface area contributed by atoms with E-state index in [0.29, 0.717) is 23.7 Å². The third-order valence-corrected chi connectivity index (χ3v) is 9.26. The van der Waals surface area contributed by atoms with Gasteiger partial charge in [-0.15, -0.1) is 0 Å². The number of alkyl halides is 1. The molecule has 0 saturated heterocycles. The fourth-order valence-corrected chi connectivity index (χ4v) is 7.82. The molecule has 0 aromatic heterocycles. The van der Waals surface area contributed by atoms with Crippen molar-refractivity contribution in [1.82, 2.24) is 0 Å². The minimum absolute atomic E-state index is 0.441. The molecule has 0 heterocycles. The molecule has 0 aromatic carbocycles. The molecule has 1 nitrogen and oxygen atoms in total. The van der Waals surface area contributed by atoms with Crippen LogP contribution in [0.5, 0.6) is 0 Å². The first-order valence-corrected chi connectivity index (χ1v) is 11.7. The van der Waals surface area contributed by atoms with Crippen LogP contribution in [0.1, 0.15) is 58.3 Å². The number of halogens is 2. The van der Waals surface area contributed by atoms with Crippen molar-refractivity contribution in [3.8, 4) is 11.3 Å². The van der Waals surface area contributed by atoms with E-state index in [1.165, 1.54) is 43.3 Å². The van der Waals surface area contributed by atoms with Gasteiger partial charge in [0, 0.05) is 17.1 Å². The van der Waals surface area contributed by atoms with E-state index in [-0.39, 0.29) is 0 Å². The predicted octanol–water partition coefficient (Wildman–Crippen LogP) is 6.06. The van der Waals surface area contributed by atoms with Gasteiger partial charge >= 0.3 is 0 Å². The zero-order chi connectivity index (χ0) is 18.5. The van der Waals surface area contributed by atoms with Crippen molar-refractivity contribution in [3.05, 3.63) is 23.8 Å². The highest BCUT2D eigenvalue weighted by atomic mass is 79.9. The fraction of sp³-hybridized carbons (Fsp3) is 0.739. The highest BCUT2D eigenvalue weighted by molar-refractivity contribution is 9.09. The van der Waals surface area contributed by atoms with E-state index in [0.717, 1.165) is 35.9 Å². The Labute approximate surface area is 171 Å². The average molecular weight is 438 g/mol. The molecule has 0 radical (unpaired) electrons. The molecule has 4 aliphatic carbocycles. The van der Waals surface area contributed by atoms with E-state index in [9.17, 15) is 5.11 Å². The molecule has 4 rings (SSSR count). The van der Waals surface area contributed by atoms with Crippen LogP contribution in [-0.2, 0) is 0 Å². The maximum absolute atomic E-state index is 10.7. The first kappa shape index (κ1) is 19.1. The molecular weight excluding hydrogens is 408 g/mol. The van der Waals surface area contributed by atoms with Crippen molar-refractivity contribution >= 4 is 27.5 Å². The average Bonchev–Trinajstić information content (AvgIpc) is 2.98. The highest BCUT2D eigenvalue weighted by Gasteiger charge is 2.56. The van der Waals surface area contributed by atoms with Crippen molar-refractivity contribution in [2.24, 2.45) is 35.0 Å². The van der Waals surface area contributed by atoms with E-state index in [1.54, 1.807) is 0 Å². The van der Waals surface area contributed by atoms with Gasteiger partial charge in [0.2, 0.25) is 0 Å². The van der Waals surface area contributed by atoms with Crippen LogP contribution in [0, 0.1) is 46.3 Å². The lowest BCUT2D eigenvalue weighted by Gasteiger charge is -2.54. The van der Waals surface area contributed by atoms with Gasteiger partial charge < -0.3 is 5.11 Å². The number of rotatable bonds is 2. The van der Waals surface area contributed by atoms with E-state index < -0.39 is 5.60 Å². The van der Waals surface area contributed by atoms with Crippen LogP contribution in [-0.4, -0.2) is 16.0 Å². The first-order chi connectivity index (χ1) is 12.4. The maximum atomic E-state index is 10.7. The van der Waals surface area contributed by atoms with Crippen LogP contribution in [0.25, 0.3) is 0 Å². The van der Waals surface area contributed by atoms with E-state index in [1.807, 2.05) is 0 Å². The normalized spacial score (nSPS) is 46.9. The van der Waals surface area contributed by atoms with Crippen molar-refractivity contribution in [3.63, 3.8) is 0 Å². The fourth-order valence-electron chi connectivity index (χ4n) is 7.25. The number of fused-ring (bicyclic) bond motifs is 5. The summed E-state index contributed by atoms with van der Waals surface area (Å²) in [5.74, 6) is 6.66. The maximum Gasteiger partial charge on any atom is 0.130 e. The molecule has 3 heteroatoms. The number of hydrogen-bond acceptors (Lipinski definition) is 1. The third kappa shape index (κ3) is 2.94. The molecule has 142 valence electrons. The Balaban J connectivity index is 1.57. The van der Waals surface area contributed by atoms with Gasteiger partial charge in [0.15, 0.2) is 0 Å². The Kier molecular flexibility index (Phi) is 5.13. The summed E-state index contributed by atoms with van der Waals surface area (Å²) in [6, 6.07) is 0. The van der Waals surface area contributed by atoms with Gasteiger partial charge in [0.1, 0.15) is 5.60 Å². The summed E-state index contributed by atoms with van der Waals surface area (Å²) in [6.07, 6.45) is 11.5. The Morgan fingerprint density at radius 3 is 2.85 bits per heavy atom. The third-order valence-electron chi connectivity index (χ3n) is 8.45. The lowest BCUT2D eigenvalue weighted by molar-refractivity contribution is -0.0198. The molecule has 26 heavy (non-hydrogen) atoms. The second-order valence-corrected chi connectivity index (χ2v) is 10.2. The minimum atomic E-state index is -0.897. The number of allylic oxidation sites excluding steroid dienone is 2. The van der Waals surface area contributed by atoms with Crippen molar-refractivity contribution in [1.29, 1.82) is 0 Å². The van der Waals surface area contributed by atoms with Crippen LogP contribution < -0.4 is 0 Å². The summed E-state index contributed by atoms with van der Waals surface area (Å²) >= 11 is 9.24. The summed E-state index contributed by atoms with van der Waals surface area (Å²) in [5.41, 5.74) is 2.41. The number of aliphatic hydroxyl groups is 1.